The van der Waals surface area contributed by atoms with Crippen LogP contribution in [0.5, 0.6) is 0 Å². The van der Waals surface area contributed by atoms with E-state index in [0.29, 0.717) is 18.9 Å². The topological polar surface area (TPSA) is 49.3 Å². The van der Waals surface area contributed by atoms with E-state index in [-0.39, 0.29) is 12.5 Å². The molecule has 3 heteroatoms. The number of carbonyl (C=O) groups is 1. The molecule has 1 aromatic carbocycles. The number of carbonyl (C=O) groups excluding carboxylic acids is 1. The van der Waals surface area contributed by atoms with E-state index < -0.39 is 0 Å². The van der Waals surface area contributed by atoms with Crippen LogP contribution in [0.1, 0.15) is 43.7 Å². The zero-order valence-corrected chi connectivity index (χ0v) is 12.7. The van der Waals surface area contributed by atoms with E-state index in [4.69, 9.17) is 5.11 Å². The average Bonchev–Trinajstić information content (AvgIpc) is 2.44. The van der Waals surface area contributed by atoms with Gasteiger partial charge in [0, 0.05) is 19.6 Å². The molecule has 20 heavy (non-hydrogen) atoms. The van der Waals surface area contributed by atoms with E-state index in [2.05, 4.69) is 43.4 Å². The first-order chi connectivity index (χ1) is 9.65. The Kier molecular flexibility index (Phi) is 7.97. The Morgan fingerprint density at radius 3 is 2.55 bits per heavy atom. The Labute approximate surface area is 122 Å². The van der Waals surface area contributed by atoms with Crippen molar-refractivity contribution < 1.29 is 9.90 Å². The quantitative estimate of drug-likeness (QED) is 0.729. The van der Waals surface area contributed by atoms with Crippen LogP contribution in [0.4, 0.5) is 0 Å². The van der Waals surface area contributed by atoms with Crippen molar-refractivity contribution in [2.75, 3.05) is 13.2 Å². The third-order valence-electron chi connectivity index (χ3n) is 3.58. The predicted molar refractivity (Wildman–Crippen MR) is 82.6 cm³/mol. The molecule has 0 radical (unpaired) electrons. The van der Waals surface area contributed by atoms with Gasteiger partial charge in [0.1, 0.15) is 0 Å². The van der Waals surface area contributed by atoms with Gasteiger partial charge in [0.05, 0.1) is 0 Å². The molecule has 1 amide bonds. The summed E-state index contributed by atoms with van der Waals surface area (Å²) in [5, 5.41) is 12.0. The summed E-state index contributed by atoms with van der Waals surface area (Å²) in [5.74, 6) is 0.498. The number of aryl methyl sites for hydroxylation is 2. The Bertz CT molecular complexity index is 380. The highest BCUT2D eigenvalue weighted by molar-refractivity contribution is 5.76. The molecule has 0 aliphatic rings. The lowest BCUT2D eigenvalue weighted by Gasteiger charge is -2.15. The number of nitrogens with one attached hydrogen (secondary N) is 1. The van der Waals surface area contributed by atoms with Crippen molar-refractivity contribution in [2.45, 2.75) is 46.0 Å². The minimum absolute atomic E-state index is 0.101. The first kappa shape index (κ1) is 16.7. The van der Waals surface area contributed by atoms with E-state index in [1.807, 2.05) is 0 Å². The molecule has 0 spiro atoms. The van der Waals surface area contributed by atoms with Gasteiger partial charge in [-0.05, 0) is 37.7 Å². The maximum atomic E-state index is 11.8. The van der Waals surface area contributed by atoms with E-state index in [9.17, 15) is 4.79 Å². The lowest BCUT2D eigenvalue weighted by Crippen LogP contribution is -2.29. The Morgan fingerprint density at radius 1 is 1.25 bits per heavy atom. The van der Waals surface area contributed by atoms with Crippen molar-refractivity contribution in [2.24, 2.45) is 5.92 Å². The van der Waals surface area contributed by atoms with Crippen LogP contribution in [-0.2, 0) is 11.2 Å². The minimum Gasteiger partial charge on any atom is -0.396 e. The Morgan fingerprint density at radius 2 is 1.95 bits per heavy atom. The van der Waals surface area contributed by atoms with Gasteiger partial charge in [-0.15, -0.1) is 0 Å². The number of hydrogen-bond donors (Lipinski definition) is 2. The van der Waals surface area contributed by atoms with E-state index in [1.54, 1.807) is 0 Å². The normalized spacial score (nSPS) is 12.2. The monoisotopic (exact) mass is 277 g/mol. The molecule has 0 heterocycles. The molecule has 0 aliphatic heterocycles. The van der Waals surface area contributed by atoms with Crippen LogP contribution in [-0.4, -0.2) is 24.2 Å². The van der Waals surface area contributed by atoms with Gasteiger partial charge in [0.15, 0.2) is 0 Å². The van der Waals surface area contributed by atoms with E-state index in [1.165, 1.54) is 11.1 Å². The zero-order valence-electron chi connectivity index (χ0n) is 12.7. The summed E-state index contributed by atoms with van der Waals surface area (Å²) in [7, 11) is 0. The highest BCUT2D eigenvalue weighted by Crippen LogP contribution is 2.10. The summed E-state index contributed by atoms with van der Waals surface area (Å²) in [5.41, 5.74) is 2.44. The Balaban J connectivity index is 2.27. The first-order valence-electron chi connectivity index (χ1n) is 7.58. The fourth-order valence-corrected chi connectivity index (χ4v) is 2.30. The predicted octanol–water partition coefficient (Wildman–Crippen LogP) is 2.84. The number of aliphatic hydroxyl groups excluding tert-OH is 1. The second-order valence-electron chi connectivity index (χ2n) is 5.46. The van der Waals surface area contributed by atoms with Crippen LogP contribution in [0.2, 0.25) is 0 Å². The van der Waals surface area contributed by atoms with Crippen molar-refractivity contribution in [3.8, 4) is 0 Å². The third kappa shape index (κ3) is 6.71. The number of amides is 1. The van der Waals surface area contributed by atoms with Gasteiger partial charge in [-0.2, -0.15) is 0 Å². The van der Waals surface area contributed by atoms with E-state index >= 15 is 0 Å². The zero-order chi connectivity index (χ0) is 14.8. The molecule has 1 atom stereocenters. The average molecular weight is 277 g/mol. The molecule has 0 saturated heterocycles. The largest absolute Gasteiger partial charge is 0.396 e. The smallest absolute Gasteiger partial charge is 0.220 e. The molecule has 2 N–H and O–H groups in total. The number of aliphatic hydroxyl groups is 1. The van der Waals surface area contributed by atoms with Crippen molar-refractivity contribution in [1.82, 2.24) is 5.32 Å². The van der Waals surface area contributed by atoms with Gasteiger partial charge in [-0.3, -0.25) is 4.79 Å². The highest BCUT2D eigenvalue weighted by Gasteiger charge is 2.09. The van der Waals surface area contributed by atoms with Gasteiger partial charge in [-0.1, -0.05) is 43.2 Å². The maximum Gasteiger partial charge on any atom is 0.220 e. The van der Waals surface area contributed by atoms with Gasteiger partial charge in [0.2, 0.25) is 5.91 Å². The standard InChI is InChI=1S/C17H27NO2/c1-3-4-16(11-12-19)13-18-17(20)10-9-15-7-5-14(2)6-8-15/h5-8,16,19H,3-4,9-13H2,1-2H3,(H,18,20). The van der Waals surface area contributed by atoms with Crippen molar-refractivity contribution in [3.63, 3.8) is 0 Å². The number of rotatable bonds is 9. The van der Waals surface area contributed by atoms with Gasteiger partial charge < -0.3 is 10.4 Å². The van der Waals surface area contributed by atoms with Crippen molar-refractivity contribution >= 4 is 5.91 Å². The molecule has 0 aliphatic carbocycles. The van der Waals surface area contributed by atoms with Gasteiger partial charge >= 0.3 is 0 Å². The van der Waals surface area contributed by atoms with Crippen LogP contribution in [0.3, 0.4) is 0 Å². The molecule has 0 fully saturated rings. The third-order valence-corrected chi connectivity index (χ3v) is 3.58. The molecule has 0 aromatic heterocycles. The van der Waals surface area contributed by atoms with Crippen molar-refractivity contribution in [1.29, 1.82) is 0 Å². The summed E-state index contributed by atoms with van der Waals surface area (Å²) in [6, 6.07) is 8.31. The lowest BCUT2D eigenvalue weighted by molar-refractivity contribution is -0.121. The van der Waals surface area contributed by atoms with Crippen LogP contribution >= 0.6 is 0 Å². The van der Waals surface area contributed by atoms with Gasteiger partial charge in [-0.25, -0.2) is 0 Å². The summed E-state index contributed by atoms with van der Waals surface area (Å²) < 4.78 is 0. The van der Waals surface area contributed by atoms with Crippen LogP contribution < -0.4 is 5.32 Å². The highest BCUT2D eigenvalue weighted by atomic mass is 16.3. The van der Waals surface area contributed by atoms with Crippen LogP contribution in [0.25, 0.3) is 0 Å². The van der Waals surface area contributed by atoms with Crippen molar-refractivity contribution in [3.05, 3.63) is 35.4 Å². The molecule has 0 saturated carbocycles. The number of benzene rings is 1. The van der Waals surface area contributed by atoms with Crippen LogP contribution in [0, 0.1) is 12.8 Å². The minimum atomic E-state index is 0.101. The summed E-state index contributed by atoms with van der Waals surface area (Å²) >= 11 is 0. The molecule has 112 valence electrons. The molecule has 1 aromatic rings. The second-order valence-corrected chi connectivity index (χ2v) is 5.46. The molecule has 0 bridgehead atoms. The molecule has 3 nitrogen and oxygen atoms in total. The summed E-state index contributed by atoms with van der Waals surface area (Å²) in [4.78, 5) is 11.8. The summed E-state index contributed by atoms with van der Waals surface area (Å²) in [6.45, 7) is 5.07. The Hall–Kier alpha value is -1.35. The molecular formula is C17H27NO2. The molecule has 1 unspecified atom stereocenters. The molecule has 1 rings (SSSR count). The SMILES string of the molecule is CCCC(CCO)CNC(=O)CCc1ccc(C)cc1. The fourth-order valence-electron chi connectivity index (χ4n) is 2.30. The molecular weight excluding hydrogens is 250 g/mol. The fraction of sp³-hybridized carbons (Fsp3) is 0.588. The van der Waals surface area contributed by atoms with Gasteiger partial charge in [0.25, 0.3) is 0 Å². The second kappa shape index (κ2) is 9.54. The maximum absolute atomic E-state index is 11.8. The lowest BCUT2D eigenvalue weighted by atomic mass is 10.00. The summed E-state index contributed by atoms with van der Waals surface area (Å²) in [6.07, 6.45) is 4.22. The van der Waals surface area contributed by atoms with Crippen LogP contribution in [0.15, 0.2) is 24.3 Å². The number of hydrogen-bond acceptors (Lipinski definition) is 2. The first-order valence-corrected chi connectivity index (χ1v) is 7.58. The van der Waals surface area contributed by atoms with E-state index in [0.717, 1.165) is 25.7 Å².